The lowest BCUT2D eigenvalue weighted by atomic mass is 9.33. The largest absolute Gasteiger partial charge is 0.486 e. The topological polar surface area (TPSA) is 75.0 Å². The van der Waals surface area contributed by atoms with Gasteiger partial charge in [0.05, 0.1) is 11.4 Å². The zero-order valence-corrected chi connectivity index (χ0v) is 34.4. The lowest BCUT2D eigenvalue weighted by Gasteiger charge is -2.44. The molecule has 5 aromatic carbocycles. The van der Waals surface area contributed by atoms with Gasteiger partial charge in [0.1, 0.15) is 45.2 Å². The van der Waals surface area contributed by atoms with Crippen molar-refractivity contribution in [1.82, 2.24) is 0 Å². The van der Waals surface area contributed by atoms with Crippen molar-refractivity contribution in [3.8, 4) is 34.5 Å². The van der Waals surface area contributed by atoms with Crippen LogP contribution >= 0.6 is 0 Å². The van der Waals surface area contributed by atoms with Crippen molar-refractivity contribution in [2.45, 2.75) is 66.2 Å². The van der Waals surface area contributed by atoms with Gasteiger partial charge in [-0.2, -0.15) is 0 Å². The third-order valence-electron chi connectivity index (χ3n) is 12.3. The average Bonchev–Trinajstić information content (AvgIpc) is 3.58. The minimum absolute atomic E-state index is 0.0792. The van der Waals surface area contributed by atoms with E-state index in [9.17, 15) is 0 Å². The highest BCUT2D eigenvalue weighted by atomic mass is 16.6. The summed E-state index contributed by atoms with van der Waals surface area (Å²) in [6.07, 6.45) is 0. The summed E-state index contributed by atoms with van der Waals surface area (Å²) in [5.74, 6) is 5.30. The molecule has 1 aromatic heterocycles. The highest BCUT2D eigenvalue weighted by Gasteiger charge is 2.48. The van der Waals surface area contributed by atoms with E-state index in [-0.39, 0.29) is 17.5 Å². The fourth-order valence-electron chi connectivity index (χ4n) is 9.47. The maximum Gasteiger partial charge on any atom is 0.257 e. The number of hydrogen-bond donors (Lipinski definition) is 0. The van der Waals surface area contributed by atoms with Crippen molar-refractivity contribution in [2.24, 2.45) is 0 Å². The predicted octanol–water partition coefficient (Wildman–Crippen LogP) is 9.04. The molecular formula is C48H47BN2O7. The Morgan fingerprint density at radius 2 is 1.16 bits per heavy atom. The summed E-state index contributed by atoms with van der Waals surface area (Å²) in [6.45, 7) is 20.7. The third-order valence-corrected chi connectivity index (χ3v) is 12.3. The Balaban J connectivity index is 1.29. The Morgan fingerprint density at radius 1 is 0.534 bits per heavy atom. The molecule has 0 bridgehead atoms. The van der Waals surface area contributed by atoms with Crippen LogP contribution in [-0.4, -0.2) is 46.4 Å². The molecule has 0 atom stereocenters. The maximum absolute atomic E-state index is 7.21. The van der Waals surface area contributed by atoms with E-state index in [1.54, 1.807) is 0 Å². The van der Waals surface area contributed by atoms with Crippen molar-refractivity contribution in [2.75, 3.05) is 49.4 Å². The number of hydrogen-bond acceptors (Lipinski definition) is 9. The van der Waals surface area contributed by atoms with E-state index in [1.807, 2.05) is 6.07 Å². The summed E-state index contributed by atoms with van der Waals surface area (Å²) in [5.41, 5.74) is 13.6. The summed E-state index contributed by atoms with van der Waals surface area (Å²) in [5, 5.41) is 1.09. The summed E-state index contributed by atoms with van der Waals surface area (Å²) < 4.78 is 44.6. The SMILES string of the molecule is Cc1cc2c(c(C)c1N1c3cc(C(C)(C)C)cc4c3B(c3cc5c(cc3N4c3ccc4c(c3)OCCO4)OCCO5)c3c1oc1ccc(C(C)(C)C)cc31)OCCO2. The molecular weight excluding hydrogens is 727 g/mol. The van der Waals surface area contributed by atoms with Gasteiger partial charge in [0.15, 0.2) is 34.5 Å². The summed E-state index contributed by atoms with van der Waals surface area (Å²) in [7, 11) is 0. The highest BCUT2D eigenvalue weighted by molar-refractivity contribution is 7.01. The number of rotatable bonds is 2. The van der Waals surface area contributed by atoms with Crippen LogP contribution in [0.25, 0.3) is 11.0 Å². The van der Waals surface area contributed by atoms with Crippen LogP contribution in [0, 0.1) is 13.8 Å². The Bertz CT molecular complexity index is 2720. The number of furan rings is 1. The van der Waals surface area contributed by atoms with Gasteiger partial charge in [-0.15, -0.1) is 0 Å². The number of ether oxygens (including phenoxy) is 6. The molecule has 58 heavy (non-hydrogen) atoms. The van der Waals surface area contributed by atoms with Crippen LogP contribution < -0.4 is 54.6 Å². The number of benzene rings is 5. The lowest BCUT2D eigenvalue weighted by molar-refractivity contribution is 0.170. The molecule has 6 heterocycles. The van der Waals surface area contributed by atoms with E-state index in [0.717, 1.165) is 102 Å². The Morgan fingerprint density at radius 3 is 1.86 bits per heavy atom. The molecule has 0 saturated carbocycles. The van der Waals surface area contributed by atoms with Gasteiger partial charge in [-0.1, -0.05) is 47.6 Å². The Hall–Kier alpha value is -5.90. The minimum Gasteiger partial charge on any atom is -0.486 e. The van der Waals surface area contributed by atoms with Crippen LogP contribution in [0.4, 0.5) is 34.3 Å². The molecule has 9 nitrogen and oxygen atoms in total. The molecule has 0 saturated heterocycles. The zero-order chi connectivity index (χ0) is 39.8. The van der Waals surface area contributed by atoms with Crippen molar-refractivity contribution in [3.63, 3.8) is 0 Å². The molecule has 294 valence electrons. The van der Waals surface area contributed by atoms with E-state index in [1.165, 1.54) is 16.6 Å². The quantitative estimate of drug-likeness (QED) is 0.160. The van der Waals surface area contributed by atoms with E-state index >= 15 is 0 Å². The van der Waals surface area contributed by atoms with Crippen molar-refractivity contribution in [1.29, 1.82) is 0 Å². The molecule has 11 rings (SSSR count). The lowest BCUT2D eigenvalue weighted by Crippen LogP contribution is -2.61. The first-order valence-corrected chi connectivity index (χ1v) is 20.4. The van der Waals surface area contributed by atoms with Crippen LogP contribution in [0.3, 0.4) is 0 Å². The van der Waals surface area contributed by atoms with Crippen molar-refractivity contribution < 1.29 is 32.8 Å². The number of anilines is 6. The monoisotopic (exact) mass is 774 g/mol. The second-order valence-electron chi connectivity index (χ2n) is 18.1. The van der Waals surface area contributed by atoms with Gasteiger partial charge >= 0.3 is 0 Å². The molecule has 6 aromatic rings. The fourth-order valence-corrected chi connectivity index (χ4v) is 9.47. The van der Waals surface area contributed by atoms with Gasteiger partial charge < -0.3 is 37.7 Å². The molecule has 0 spiro atoms. The second kappa shape index (κ2) is 12.3. The minimum atomic E-state index is -0.209. The Labute approximate surface area is 339 Å². The smallest absolute Gasteiger partial charge is 0.257 e. The summed E-state index contributed by atoms with van der Waals surface area (Å²) >= 11 is 0. The molecule has 0 amide bonds. The third kappa shape index (κ3) is 5.15. The van der Waals surface area contributed by atoms with Gasteiger partial charge in [0.2, 0.25) is 5.88 Å². The van der Waals surface area contributed by atoms with Gasteiger partial charge in [0, 0.05) is 45.6 Å². The summed E-state index contributed by atoms with van der Waals surface area (Å²) in [6, 6.07) is 24.2. The number of aryl methyl sites for hydroxylation is 1. The van der Waals surface area contributed by atoms with E-state index in [2.05, 4.69) is 126 Å². The molecule has 0 fully saturated rings. The molecule has 5 aliphatic heterocycles. The van der Waals surface area contributed by atoms with Gasteiger partial charge in [-0.05, 0) is 101 Å². The molecule has 0 aliphatic carbocycles. The standard InChI is InChI=1S/C48H47BN2O7/c1-26-19-41-45(57-18-17-56-41)27(2)44(26)51-35-22-29(48(6,7)8)21-34-43(35)49(42-31-20-28(47(3,4)5)9-11-36(31)58-46(42)51)32-24-39-40(55-16-15-54-39)25-33(32)50(34)30-10-12-37-38(23-30)53-14-13-52-37/h9-12,19-25H,13-18H2,1-8H3. The van der Waals surface area contributed by atoms with E-state index < -0.39 is 0 Å². The first-order valence-electron chi connectivity index (χ1n) is 20.4. The molecule has 0 unspecified atom stereocenters. The maximum atomic E-state index is 7.21. The fraction of sp³-hybridized carbons (Fsp3) is 0.333. The van der Waals surface area contributed by atoms with Gasteiger partial charge in [0.25, 0.3) is 6.71 Å². The normalized spacial score (nSPS) is 16.2. The first-order chi connectivity index (χ1) is 27.8. The molecule has 5 aliphatic rings. The summed E-state index contributed by atoms with van der Waals surface area (Å²) in [4.78, 5) is 4.75. The molecule has 0 radical (unpaired) electrons. The van der Waals surface area contributed by atoms with Crippen LogP contribution in [-0.2, 0) is 10.8 Å². The Kier molecular flexibility index (Phi) is 7.49. The van der Waals surface area contributed by atoms with Crippen molar-refractivity contribution >= 4 is 68.4 Å². The molecule has 0 N–H and O–H groups in total. The van der Waals surface area contributed by atoms with Crippen LogP contribution in [0.2, 0.25) is 0 Å². The first kappa shape index (κ1) is 35.3. The van der Waals surface area contributed by atoms with Crippen molar-refractivity contribution in [3.05, 3.63) is 89.0 Å². The average molecular weight is 775 g/mol. The van der Waals surface area contributed by atoms with Gasteiger partial charge in [-0.3, -0.25) is 4.90 Å². The van der Waals surface area contributed by atoms with Gasteiger partial charge in [-0.25, -0.2) is 0 Å². The van der Waals surface area contributed by atoms with Crippen LogP contribution in [0.15, 0.2) is 71.1 Å². The van der Waals surface area contributed by atoms with Crippen LogP contribution in [0.5, 0.6) is 34.5 Å². The van der Waals surface area contributed by atoms with E-state index in [0.29, 0.717) is 39.6 Å². The van der Waals surface area contributed by atoms with E-state index in [4.69, 9.17) is 32.8 Å². The number of fused-ring (bicyclic) bond motifs is 9. The zero-order valence-electron chi connectivity index (χ0n) is 34.4. The predicted molar refractivity (Wildman–Crippen MR) is 230 cm³/mol. The second-order valence-corrected chi connectivity index (χ2v) is 18.1. The number of nitrogens with zero attached hydrogens (tertiary/aromatic N) is 2. The van der Waals surface area contributed by atoms with Crippen LogP contribution in [0.1, 0.15) is 63.8 Å². The molecule has 10 heteroatoms. The highest BCUT2D eigenvalue weighted by Crippen LogP contribution is 2.53.